The molecule has 5 heteroatoms. The molecule has 0 aliphatic carbocycles. The van der Waals surface area contributed by atoms with Crippen LogP contribution in [0.1, 0.15) is 40.0 Å². The quantitative estimate of drug-likeness (QED) is 0.839. The summed E-state index contributed by atoms with van der Waals surface area (Å²) in [6, 6.07) is 9.62. The van der Waals surface area contributed by atoms with Gasteiger partial charge >= 0.3 is 6.09 Å². The predicted molar refractivity (Wildman–Crippen MR) is 92.9 cm³/mol. The highest BCUT2D eigenvalue weighted by molar-refractivity contribution is 7.85. The van der Waals surface area contributed by atoms with Crippen molar-refractivity contribution in [3.8, 4) is 0 Å². The zero-order valence-corrected chi connectivity index (χ0v) is 15.1. The first kappa shape index (κ1) is 18.0. The van der Waals surface area contributed by atoms with Gasteiger partial charge in [0, 0.05) is 23.7 Å². The van der Waals surface area contributed by atoms with Crippen molar-refractivity contribution in [2.24, 2.45) is 5.92 Å². The molecule has 0 bridgehead atoms. The Morgan fingerprint density at radius 2 is 1.83 bits per heavy atom. The van der Waals surface area contributed by atoms with E-state index in [1.807, 2.05) is 51.1 Å². The van der Waals surface area contributed by atoms with E-state index in [9.17, 15) is 9.00 Å². The number of nitrogens with zero attached hydrogens (tertiary/aromatic N) is 1. The lowest BCUT2D eigenvalue weighted by Gasteiger charge is -2.33. The first-order valence-electron chi connectivity index (χ1n) is 8.26. The van der Waals surface area contributed by atoms with Crippen molar-refractivity contribution in [3.63, 3.8) is 0 Å². The van der Waals surface area contributed by atoms with Gasteiger partial charge in [0.15, 0.2) is 0 Å². The second-order valence-corrected chi connectivity index (χ2v) is 8.63. The number of piperidine rings is 1. The molecule has 0 radical (unpaired) electrons. The number of ether oxygens (including phenoxy) is 1. The van der Waals surface area contributed by atoms with Crippen molar-refractivity contribution < 1.29 is 13.7 Å². The molecule has 0 spiro atoms. The lowest BCUT2D eigenvalue weighted by molar-refractivity contribution is 0.0183. The summed E-state index contributed by atoms with van der Waals surface area (Å²) in [7, 11) is -0.921. The molecule has 1 heterocycles. The molecule has 0 aromatic heterocycles. The standard InChI is InChI=1S/C18H27NO3S/c1-18(2,3)22-17(20)19-12-9-15(10-13-19)11-14-23(21)16-7-5-4-6-8-16/h4-8,15H,9-14H2,1-3H3. The molecule has 1 aliphatic heterocycles. The van der Waals surface area contributed by atoms with E-state index in [1.165, 1.54) is 0 Å². The summed E-state index contributed by atoms with van der Waals surface area (Å²) in [5, 5.41) is 0. The van der Waals surface area contributed by atoms with Crippen LogP contribution in [0, 0.1) is 5.92 Å². The minimum atomic E-state index is -0.921. The molecule has 1 aromatic rings. The second-order valence-electron chi connectivity index (χ2n) is 7.06. The third kappa shape index (κ3) is 5.98. The van der Waals surface area contributed by atoms with Crippen molar-refractivity contribution in [2.45, 2.75) is 50.5 Å². The van der Waals surface area contributed by atoms with Gasteiger partial charge in [0.05, 0.1) is 10.8 Å². The normalized spacial score (nSPS) is 17.8. The molecule has 1 amide bonds. The summed E-state index contributed by atoms with van der Waals surface area (Å²) in [5.74, 6) is 1.24. The van der Waals surface area contributed by atoms with Gasteiger partial charge in [-0.05, 0) is 58.1 Å². The second kappa shape index (κ2) is 7.95. The monoisotopic (exact) mass is 337 g/mol. The van der Waals surface area contributed by atoms with E-state index < -0.39 is 16.4 Å². The van der Waals surface area contributed by atoms with Crippen LogP contribution in [0.5, 0.6) is 0 Å². The number of carbonyl (C=O) groups excluding carboxylic acids is 1. The van der Waals surface area contributed by atoms with Crippen molar-refractivity contribution in [2.75, 3.05) is 18.8 Å². The fourth-order valence-electron chi connectivity index (χ4n) is 2.69. The van der Waals surface area contributed by atoms with Crippen LogP contribution in [-0.2, 0) is 15.5 Å². The van der Waals surface area contributed by atoms with E-state index in [2.05, 4.69) is 0 Å². The Balaban J connectivity index is 1.73. The molecule has 1 saturated heterocycles. The minimum absolute atomic E-state index is 0.219. The third-order valence-electron chi connectivity index (χ3n) is 3.98. The first-order chi connectivity index (χ1) is 10.8. The van der Waals surface area contributed by atoms with Gasteiger partial charge in [0.2, 0.25) is 0 Å². The van der Waals surface area contributed by atoms with Crippen molar-refractivity contribution in [1.82, 2.24) is 4.90 Å². The molecular formula is C18H27NO3S. The highest BCUT2D eigenvalue weighted by Gasteiger charge is 2.26. The van der Waals surface area contributed by atoms with E-state index >= 15 is 0 Å². The highest BCUT2D eigenvalue weighted by Crippen LogP contribution is 2.23. The zero-order chi connectivity index (χ0) is 16.9. The Hall–Kier alpha value is -1.36. The van der Waals surface area contributed by atoms with Gasteiger partial charge in [-0.15, -0.1) is 0 Å². The number of benzene rings is 1. The van der Waals surface area contributed by atoms with Gasteiger partial charge in [-0.1, -0.05) is 18.2 Å². The van der Waals surface area contributed by atoms with Crippen molar-refractivity contribution in [1.29, 1.82) is 0 Å². The SMILES string of the molecule is CC(C)(C)OC(=O)N1CCC(CCS(=O)c2ccccc2)CC1. The zero-order valence-electron chi connectivity index (χ0n) is 14.3. The molecule has 128 valence electrons. The number of hydrogen-bond acceptors (Lipinski definition) is 3. The summed E-state index contributed by atoms with van der Waals surface area (Å²) >= 11 is 0. The van der Waals surface area contributed by atoms with Crippen LogP contribution < -0.4 is 0 Å². The Kier molecular flexibility index (Phi) is 6.22. The lowest BCUT2D eigenvalue weighted by Crippen LogP contribution is -2.41. The van der Waals surface area contributed by atoms with Crippen LogP contribution in [0.4, 0.5) is 4.79 Å². The van der Waals surface area contributed by atoms with Crippen LogP contribution in [0.2, 0.25) is 0 Å². The molecule has 1 fully saturated rings. The van der Waals surface area contributed by atoms with E-state index in [-0.39, 0.29) is 6.09 Å². The van der Waals surface area contributed by atoms with Crippen LogP contribution in [0.25, 0.3) is 0 Å². The minimum Gasteiger partial charge on any atom is -0.444 e. The maximum atomic E-state index is 12.2. The number of hydrogen-bond donors (Lipinski definition) is 0. The fraction of sp³-hybridized carbons (Fsp3) is 0.611. The molecular weight excluding hydrogens is 310 g/mol. The van der Waals surface area contributed by atoms with Crippen molar-refractivity contribution in [3.05, 3.63) is 30.3 Å². The average molecular weight is 337 g/mol. The number of rotatable bonds is 4. The maximum Gasteiger partial charge on any atom is 0.410 e. The maximum absolute atomic E-state index is 12.2. The lowest BCUT2D eigenvalue weighted by atomic mass is 9.95. The molecule has 1 unspecified atom stereocenters. The fourth-order valence-corrected chi connectivity index (χ4v) is 3.94. The van der Waals surface area contributed by atoms with Gasteiger partial charge in [-0.3, -0.25) is 4.21 Å². The molecule has 1 atom stereocenters. The summed E-state index contributed by atoms with van der Waals surface area (Å²) < 4.78 is 17.6. The van der Waals surface area contributed by atoms with E-state index in [4.69, 9.17) is 4.74 Å². The molecule has 1 aliphatic rings. The Morgan fingerprint density at radius 3 is 2.39 bits per heavy atom. The largest absolute Gasteiger partial charge is 0.444 e. The number of carbonyl (C=O) groups is 1. The van der Waals surface area contributed by atoms with Crippen molar-refractivity contribution >= 4 is 16.9 Å². The Morgan fingerprint density at radius 1 is 1.22 bits per heavy atom. The van der Waals surface area contributed by atoms with Crippen LogP contribution in [0.3, 0.4) is 0 Å². The van der Waals surface area contributed by atoms with Gasteiger partial charge in [0.1, 0.15) is 5.60 Å². The van der Waals surface area contributed by atoms with Gasteiger partial charge in [0.25, 0.3) is 0 Å². The van der Waals surface area contributed by atoms with E-state index in [1.54, 1.807) is 4.90 Å². The van der Waals surface area contributed by atoms with Gasteiger partial charge in [-0.2, -0.15) is 0 Å². The van der Waals surface area contributed by atoms with E-state index in [0.717, 1.165) is 37.2 Å². The smallest absolute Gasteiger partial charge is 0.410 e. The Bertz CT molecular complexity index is 531. The third-order valence-corrected chi connectivity index (χ3v) is 5.39. The predicted octanol–water partition coefficient (Wildman–Crippen LogP) is 3.83. The first-order valence-corrected chi connectivity index (χ1v) is 9.58. The molecule has 1 aromatic carbocycles. The highest BCUT2D eigenvalue weighted by atomic mass is 32.2. The Labute approximate surface area is 141 Å². The van der Waals surface area contributed by atoms with E-state index in [0.29, 0.717) is 11.7 Å². The molecule has 23 heavy (non-hydrogen) atoms. The average Bonchev–Trinajstić information content (AvgIpc) is 2.52. The molecule has 0 N–H and O–H groups in total. The summed E-state index contributed by atoms with van der Waals surface area (Å²) in [5.41, 5.74) is -0.444. The summed E-state index contributed by atoms with van der Waals surface area (Å²) in [6.07, 6.45) is 2.66. The number of likely N-dealkylation sites (tertiary alicyclic amines) is 1. The topological polar surface area (TPSA) is 46.6 Å². The van der Waals surface area contributed by atoms with Gasteiger partial charge in [-0.25, -0.2) is 4.79 Å². The summed E-state index contributed by atoms with van der Waals surface area (Å²) in [4.78, 5) is 14.7. The van der Waals surface area contributed by atoms with Crippen LogP contribution in [-0.4, -0.2) is 39.6 Å². The summed E-state index contributed by atoms with van der Waals surface area (Å²) in [6.45, 7) is 7.12. The molecule has 4 nitrogen and oxygen atoms in total. The van der Waals surface area contributed by atoms with Gasteiger partial charge < -0.3 is 9.64 Å². The molecule has 2 rings (SSSR count). The number of amides is 1. The van der Waals surface area contributed by atoms with Crippen LogP contribution >= 0.6 is 0 Å². The molecule has 0 saturated carbocycles. The van der Waals surface area contributed by atoms with Crippen LogP contribution in [0.15, 0.2) is 35.2 Å².